The molecule has 1 unspecified atom stereocenters. The number of ether oxygens (including phenoxy) is 1. The Labute approximate surface area is 101 Å². The summed E-state index contributed by atoms with van der Waals surface area (Å²) >= 11 is 0. The molecular weight excluding hydrogens is 212 g/mol. The van der Waals surface area contributed by atoms with Gasteiger partial charge in [-0.05, 0) is 24.5 Å². The second kappa shape index (κ2) is 4.90. The Kier molecular flexibility index (Phi) is 3.12. The Morgan fingerprint density at radius 1 is 1.29 bits per heavy atom. The van der Waals surface area contributed by atoms with Crippen molar-refractivity contribution in [3.8, 4) is 0 Å². The molecule has 2 aromatic rings. The van der Waals surface area contributed by atoms with Gasteiger partial charge in [-0.2, -0.15) is 0 Å². The van der Waals surface area contributed by atoms with E-state index in [1.54, 1.807) is 0 Å². The highest BCUT2D eigenvalue weighted by molar-refractivity contribution is 5.82. The monoisotopic (exact) mass is 230 g/mol. The third-order valence-corrected chi connectivity index (χ3v) is 3.44. The van der Waals surface area contributed by atoms with Gasteiger partial charge < -0.3 is 15.0 Å². The average molecular weight is 230 g/mol. The van der Waals surface area contributed by atoms with E-state index in [2.05, 4.69) is 40.8 Å². The van der Waals surface area contributed by atoms with Crippen LogP contribution < -0.4 is 5.32 Å². The van der Waals surface area contributed by atoms with Crippen LogP contribution in [0.2, 0.25) is 0 Å². The van der Waals surface area contributed by atoms with Crippen LogP contribution >= 0.6 is 0 Å². The molecule has 0 bridgehead atoms. The maximum Gasteiger partial charge on any atom is 0.0620 e. The summed E-state index contributed by atoms with van der Waals surface area (Å²) in [6.07, 6.45) is 4.38. The molecule has 0 aliphatic carbocycles. The second-order valence-corrected chi connectivity index (χ2v) is 4.62. The Morgan fingerprint density at radius 2 is 2.24 bits per heavy atom. The van der Waals surface area contributed by atoms with Crippen molar-refractivity contribution >= 4 is 10.9 Å². The van der Waals surface area contributed by atoms with E-state index in [4.69, 9.17) is 4.74 Å². The number of hydrogen-bond donors (Lipinski definition) is 2. The summed E-state index contributed by atoms with van der Waals surface area (Å²) in [5.74, 6) is 0. The largest absolute Gasteiger partial charge is 0.379 e. The second-order valence-electron chi connectivity index (χ2n) is 4.62. The molecule has 1 aliphatic rings. The number of benzene rings is 1. The highest BCUT2D eigenvalue weighted by Crippen LogP contribution is 2.19. The molecule has 1 aromatic carbocycles. The number of aryl methyl sites for hydroxylation is 1. The number of nitrogens with one attached hydrogen (secondary N) is 2. The zero-order valence-corrected chi connectivity index (χ0v) is 9.91. The van der Waals surface area contributed by atoms with E-state index in [1.165, 1.54) is 16.5 Å². The maximum absolute atomic E-state index is 5.47. The Hall–Kier alpha value is -1.32. The molecule has 2 N–H and O–H groups in total. The van der Waals surface area contributed by atoms with Crippen molar-refractivity contribution < 1.29 is 4.74 Å². The fourth-order valence-corrected chi connectivity index (χ4v) is 2.47. The minimum absolute atomic E-state index is 0.511. The minimum atomic E-state index is 0.511. The molecule has 3 heteroatoms. The fourth-order valence-electron chi connectivity index (χ4n) is 2.47. The van der Waals surface area contributed by atoms with Gasteiger partial charge in [-0.3, -0.25) is 0 Å². The highest BCUT2D eigenvalue weighted by atomic mass is 16.5. The molecule has 90 valence electrons. The van der Waals surface area contributed by atoms with Gasteiger partial charge >= 0.3 is 0 Å². The first-order valence-electron chi connectivity index (χ1n) is 6.29. The van der Waals surface area contributed by atoms with Gasteiger partial charge in [0.2, 0.25) is 0 Å². The predicted octanol–water partition coefficient (Wildman–Crippen LogP) is 2.09. The van der Waals surface area contributed by atoms with E-state index in [9.17, 15) is 0 Å². The SMILES string of the molecule is c1ccc2c(CCC3COCCN3)c[nH]c2c1. The summed E-state index contributed by atoms with van der Waals surface area (Å²) in [5, 5.41) is 4.85. The van der Waals surface area contributed by atoms with Crippen molar-refractivity contribution in [2.75, 3.05) is 19.8 Å². The molecule has 0 saturated carbocycles. The van der Waals surface area contributed by atoms with Crippen LogP contribution in [0.5, 0.6) is 0 Å². The number of para-hydroxylation sites is 1. The summed E-state index contributed by atoms with van der Waals surface area (Å²) in [4.78, 5) is 3.32. The summed E-state index contributed by atoms with van der Waals surface area (Å²) < 4.78 is 5.47. The maximum atomic E-state index is 5.47. The van der Waals surface area contributed by atoms with Crippen LogP contribution in [0.4, 0.5) is 0 Å². The van der Waals surface area contributed by atoms with Gasteiger partial charge in [0.05, 0.1) is 13.2 Å². The van der Waals surface area contributed by atoms with Gasteiger partial charge in [0.25, 0.3) is 0 Å². The number of H-pyrrole nitrogens is 1. The van der Waals surface area contributed by atoms with Crippen molar-refractivity contribution in [1.29, 1.82) is 0 Å². The van der Waals surface area contributed by atoms with Crippen molar-refractivity contribution in [1.82, 2.24) is 10.3 Å². The first-order chi connectivity index (χ1) is 8.43. The fraction of sp³-hybridized carbons (Fsp3) is 0.429. The lowest BCUT2D eigenvalue weighted by Crippen LogP contribution is -2.41. The van der Waals surface area contributed by atoms with Crippen molar-refractivity contribution in [3.05, 3.63) is 36.0 Å². The van der Waals surface area contributed by atoms with E-state index >= 15 is 0 Å². The van der Waals surface area contributed by atoms with Gasteiger partial charge in [-0.15, -0.1) is 0 Å². The Morgan fingerprint density at radius 3 is 3.12 bits per heavy atom. The molecule has 1 saturated heterocycles. The van der Waals surface area contributed by atoms with Crippen LogP contribution in [0.15, 0.2) is 30.5 Å². The molecule has 17 heavy (non-hydrogen) atoms. The van der Waals surface area contributed by atoms with E-state index in [0.29, 0.717) is 6.04 Å². The van der Waals surface area contributed by atoms with Crippen molar-refractivity contribution in [3.63, 3.8) is 0 Å². The first kappa shape index (κ1) is 10.8. The molecule has 2 heterocycles. The molecule has 1 aliphatic heterocycles. The molecule has 0 spiro atoms. The molecular formula is C14H18N2O. The summed E-state index contributed by atoms with van der Waals surface area (Å²) in [6.45, 7) is 2.69. The zero-order chi connectivity index (χ0) is 11.5. The van der Waals surface area contributed by atoms with Gasteiger partial charge in [-0.25, -0.2) is 0 Å². The normalized spacial score (nSPS) is 20.8. The standard InChI is InChI=1S/C14H18N2O/c1-2-4-14-13(3-1)11(9-16-14)5-6-12-10-17-8-7-15-12/h1-4,9,12,15-16H,5-8,10H2. The van der Waals surface area contributed by atoms with E-state index in [0.717, 1.165) is 32.6 Å². The number of aromatic amines is 1. The summed E-state index contributed by atoms with van der Waals surface area (Å²) in [7, 11) is 0. The third-order valence-electron chi connectivity index (χ3n) is 3.44. The molecule has 1 aromatic heterocycles. The molecule has 3 rings (SSSR count). The van der Waals surface area contributed by atoms with Gasteiger partial charge in [0.15, 0.2) is 0 Å². The lowest BCUT2D eigenvalue weighted by molar-refractivity contribution is 0.0744. The molecule has 1 fully saturated rings. The first-order valence-corrected chi connectivity index (χ1v) is 6.29. The van der Waals surface area contributed by atoms with Gasteiger partial charge in [0, 0.05) is 29.7 Å². The van der Waals surface area contributed by atoms with Gasteiger partial charge in [-0.1, -0.05) is 18.2 Å². The molecule has 3 nitrogen and oxygen atoms in total. The predicted molar refractivity (Wildman–Crippen MR) is 69.2 cm³/mol. The Balaban J connectivity index is 1.68. The zero-order valence-electron chi connectivity index (χ0n) is 9.91. The molecule has 1 atom stereocenters. The third kappa shape index (κ3) is 2.35. The van der Waals surface area contributed by atoms with Crippen LogP contribution in [0.3, 0.4) is 0 Å². The average Bonchev–Trinajstić information content (AvgIpc) is 2.81. The number of rotatable bonds is 3. The van der Waals surface area contributed by atoms with Crippen LogP contribution in [-0.2, 0) is 11.2 Å². The molecule has 0 amide bonds. The number of hydrogen-bond acceptors (Lipinski definition) is 2. The smallest absolute Gasteiger partial charge is 0.0620 e. The lowest BCUT2D eigenvalue weighted by Gasteiger charge is -2.23. The molecule has 0 radical (unpaired) electrons. The van der Waals surface area contributed by atoms with Crippen molar-refractivity contribution in [2.24, 2.45) is 0 Å². The van der Waals surface area contributed by atoms with Crippen molar-refractivity contribution in [2.45, 2.75) is 18.9 Å². The lowest BCUT2D eigenvalue weighted by atomic mass is 10.0. The minimum Gasteiger partial charge on any atom is -0.379 e. The van der Waals surface area contributed by atoms with Crippen LogP contribution in [0.25, 0.3) is 10.9 Å². The topological polar surface area (TPSA) is 37.0 Å². The van der Waals surface area contributed by atoms with E-state index in [-0.39, 0.29) is 0 Å². The van der Waals surface area contributed by atoms with Crippen LogP contribution in [0.1, 0.15) is 12.0 Å². The van der Waals surface area contributed by atoms with E-state index < -0.39 is 0 Å². The highest BCUT2D eigenvalue weighted by Gasteiger charge is 2.13. The number of aromatic nitrogens is 1. The summed E-state index contributed by atoms with van der Waals surface area (Å²) in [5.41, 5.74) is 2.64. The van der Waals surface area contributed by atoms with E-state index in [1.807, 2.05) is 0 Å². The Bertz CT molecular complexity index is 486. The summed E-state index contributed by atoms with van der Waals surface area (Å²) in [6, 6.07) is 8.99. The van der Waals surface area contributed by atoms with Gasteiger partial charge in [0.1, 0.15) is 0 Å². The van der Waals surface area contributed by atoms with Crippen LogP contribution in [-0.4, -0.2) is 30.8 Å². The van der Waals surface area contributed by atoms with Crippen LogP contribution in [0, 0.1) is 0 Å². The number of morpholine rings is 1. The quantitative estimate of drug-likeness (QED) is 0.847. The number of fused-ring (bicyclic) bond motifs is 1.